The van der Waals surface area contributed by atoms with Crippen LogP contribution < -0.4 is 0 Å². The Kier molecular flexibility index (Phi) is 6.64. The van der Waals surface area contributed by atoms with E-state index in [1.165, 1.54) is 19.1 Å². The van der Waals surface area contributed by atoms with Gasteiger partial charge in [-0.05, 0) is 18.6 Å². The standard InChI is InChI=1S/C8H7Cl3O3S.Na.H/c1-4(15(12,13)14)5-2-3-6(9)8(11)7(5)10;;/h2-4H,1H3,(H,12,13,14);;. The van der Waals surface area contributed by atoms with Crippen LogP contribution in [0.25, 0.3) is 0 Å². The molecule has 0 saturated carbocycles. The van der Waals surface area contributed by atoms with E-state index >= 15 is 0 Å². The van der Waals surface area contributed by atoms with Crippen molar-refractivity contribution >= 4 is 74.5 Å². The number of benzene rings is 1. The summed E-state index contributed by atoms with van der Waals surface area (Å²) in [7, 11) is -4.19. The van der Waals surface area contributed by atoms with Crippen molar-refractivity contribution in [3.05, 3.63) is 32.8 Å². The van der Waals surface area contributed by atoms with Gasteiger partial charge >= 0.3 is 29.6 Å². The zero-order valence-corrected chi connectivity index (χ0v) is 10.6. The monoisotopic (exact) mass is 312 g/mol. The molecule has 0 aliphatic rings. The van der Waals surface area contributed by atoms with Crippen molar-refractivity contribution in [2.45, 2.75) is 12.2 Å². The molecular formula is C8H8Cl3NaO3S. The molecule has 0 aromatic heterocycles. The number of hydrogen-bond donors (Lipinski definition) is 1. The van der Waals surface area contributed by atoms with Gasteiger partial charge in [-0.2, -0.15) is 8.42 Å². The maximum atomic E-state index is 10.9. The maximum absolute atomic E-state index is 10.9. The summed E-state index contributed by atoms with van der Waals surface area (Å²) in [6.45, 7) is 1.31. The van der Waals surface area contributed by atoms with E-state index in [9.17, 15) is 8.42 Å². The van der Waals surface area contributed by atoms with Crippen LogP contribution in [-0.4, -0.2) is 42.5 Å². The average molecular weight is 314 g/mol. The minimum absolute atomic E-state index is 0. The van der Waals surface area contributed by atoms with Gasteiger partial charge < -0.3 is 0 Å². The molecule has 1 aromatic rings. The van der Waals surface area contributed by atoms with E-state index in [0.717, 1.165) is 0 Å². The van der Waals surface area contributed by atoms with E-state index in [0.29, 0.717) is 0 Å². The molecule has 1 atom stereocenters. The van der Waals surface area contributed by atoms with Gasteiger partial charge in [0.1, 0.15) is 5.25 Å². The van der Waals surface area contributed by atoms with Crippen molar-refractivity contribution in [2.75, 3.05) is 0 Å². The Balaban J connectivity index is 0.00000225. The van der Waals surface area contributed by atoms with E-state index in [1.54, 1.807) is 0 Å². The zero-order chi connectivity index (χ0) is 11.8. The molecule has 0 saturated heterocycles. The zero-order valence-electron chi connectivity index (χ0n) is 7.54. The summed E-state index contributed by atoms with van der Waals surface area (Å²) in [5, 5.41) is -0.798. The number of halogens is 3. The fourth-order valence-corrected chi connectivity index (χ4v) is 2.30. The van der Waals surface area contributed by atoms with Crippen molar-refractivity contribution in [1.29, 1.82) is 0 Å². The summed E-state index contributed by atoms with van der Waals surface area (Å²) in [4.78, 5) is 0. The molecule has 0 radical (unpaired) electrons. The minimum atomic E-state index is -4.19. The van der Waals surface area contributed by atoms with Gasteiger partial charge in [-0.1, -0.05) is 40.9 Å². The number of rotatable bonds is 2. The first-order chi connectivity index (χ1) is 6.75. The Morgan fingerprint density at radius 3 is 2.12 bits per heavy atom. The van der Waals surface area contributed by atoms with Gasteiger partial charge in [0.15, 0.2) is 0 Å². The Bertz CT molecular complexity index is 490. The molecule has 86 valence electrons. The second-order valence-electron chi connectivity index (χ2n) is 2.92. The van der Waals surface area contributed by atoms with Gasteiger partial charge in [0, 0.05) is 0 Å². The molecule has 0 heterocycles. The SMILES string of the molecule is CC(c1ccc(Cl)c(Cl)c1Cl)S(=O)(=O)O.[NaH]. The Morgan fingerprint density at radius 2 is 1.69 bits per heavy atom. The van der Waals surface area contributed by atoms with Crippen LogP contribution in [0.4, 0.5) is 0 Å². The van der Waals surface area contributed by atoms with Crippen LogP contribution in [0.15, 0.2) is 12.1 Å². The van der Waals surface area contributed by atoms with Crippen molar-refractivity contribution in [3.8, 4) is 0 Å². The molecule has 1 N–H and O–H groups in total. The van der Waals surface area contributed by atoms with Crippen LogP contribution in [-0.2, 0) is 10.1 Å². The van der Waals surface area contributed by atoms with Crippen LogP contribution in [0.2, 0.25) is 15.1 Å². The Labute approximate surface area is 131 Å². The van der Waals surface area contributed by atoms with Gasteiger partial charge in [0.05, 0.1) is 15.1 Å². The van der Waals surface area contributed by atoms with Crippen LogP contribution in [0.1, 0.15) is 17.7 Å². The topological polar surface area (TPSA) is 54.4 Å². The van der Waals surface area contributed by atoms with Gasteiger partial charge in [-0.15, -0.1) is 0 Å². The quantitative estimate of drug-likeness (QED) is 0.519. The third-order valence-electron chi connectivity index (χ3n) is 1.95. The third kappa shape index (κ3) is 3.75. The molecule has 16 heavy (non-hydrogen) atoms. The van der Waals surface area contributed by atoms with Crippen molar-refractivity contribution in [1.82, 2.24) is 0 Å². The van der Waals surface area contributed by atoms with Crippen molar-refractivity contribution in [3.63, 3.8) is 0 Å². The van der Waals surface area contributed by atoms with Crippen LogP contribution in [0, 0.1) is 0 Å². The molecule has 0 amide bonds. The summed E-state index contributed by atoms with van der Waals surface area (Å²) < 4.78 is 30.7. The molecule has 3 nitrogen and oxygen atoms in total. The summed E-state index contributed by atoms with van der Waals surface area (Å²) in [5.41, 5.74) is 0.216. The van der Waals surface area contributed by atoms with Gasteiger partial charge in [0.25, 0.3) is 10.1 Å². The predicted octanol–water partition coefficient (Wildman–Crippen LogP) is 2.95. The molecule has 1 aromatic carbocycles. The third-order valence-corrected chi connectivity index (χ3v) is 4.41. The van der Waals surface area contributed by atoms with E-state index in [4.69, 9.17) is 39.4 Å². The van der Waals surface area contributed by atoms with Crippen molar-refractivity contribution in [2.24, 2.45) is 0 Å². The van der Waals surface area contributed by atoms with E-state index < -0.39 is 15.4 Å². The Hall–Kier alpha value is 1.000. The Morgan fingerprint density at radius 1 is 1.19 bits per heavy atom. The number of hydrogen-bond acceptors (Lipinski definition) is 2. The van der Waals surface area contributed by atoms with Gasteiger partial charge in [-0.25, -0.2) is 0 Å². The second kappa shape index (κ2) is 6.25. The normalized spacial score (nSPS) is 13.1. The first kappa shape index (κ1) is 17.0. The average Bonchev–Trinajstić information content (AvgIpc) is 2.12. The molecule has 0 aliphatic carbocycles. The first-order valence-electron chi connectivity index (χ1n) is 3.85. The van der Waals surface area contributed by atoms with Gasteiger partial charge in [-0.3, -0.25) is 4.55 Å². The van der Waals surface area contributed by atoms with Crippen molar-refractivity contribution < 1.29 is 13.0 Å². The molecule has 0 bridgehead atoms. The summed E-state index contributed by atoms with van der Waals surface area (Å²) in [5.74, 6) is 0. The predicted molar refractivity (Wildman–Crippen MR) is 68.6 cm³/mol. The van der Waals surface area contributed by atoms with Gasteiger partial charge in [0.2, 0.25) is 0 Å². The fraction of sp³-hybridized carbons (Fsp3) is 0.250. The molecule has 1 unspecified atom stereocenters. The summed E-state index contributed by atoms with van der Waals surface area (Å²) in [6, 6.07) is 2.84. The molecule has 0 fully saturated rings. The van der Waals surface area contributed by atoms with E-state index in [2.05, 4.69) is 0 Å². The van der Waals surface area contributed by atoms with E-state index in [1.807, 2.05) is 0 Å². The van der Waals surface area contributed by atoms with E-state index in [-0.39, 0.29) is 50.2 Å². The molecule has 0 aliphatic heterocycles. The first-order valence-corrected chi connectivity index (χ1v) is 6.48. The van der Waals surface area contributed by atoms with Crippen LogP contribution in [0.5, 0.6) is 0 Å². The van der Waals surface area contributed by atoms with Crippen LogP contribution >= 0.6 is 34.8 Å². The molecule has 8 heteroatoms. The molecule has 1 rings (SSSR count). The van der Waals surface area contributed by atoms with Crippen LogP contribution in [0.3, 0.4) is 0 Å². The molecule has 0 spiro atoms. The molecular weight excluding hydrogens is 306 g/mol. The summed E-state index contributed by atoms with van der Waals surface area (Å²) in [6.07, 6.45) is 0. The summed E-state index contributed by atoms with van der Waals surface area (Å²) >= 11 is 17.2. The fourth-order valence-electron chi connectivity index (χ4n) is 1.02. The second-order valence-corrected chi connectivity index (χ2v) is 5.82.